The van der Waals surface area contributed by atoms with Crippen LogP contribution in [0.4, 0.5) is 13.2 Å². The Bertz CT molecular complexity index is 1260. The number of alkyl halides is 3. The van der Waals surface area contributed by atoms with Crippen LogP contribution in [0.1, 0.15) is 41.1 Å². The van der Waals surface area contributed by atoms with Crippen molar-refractivity contribution in [1.82, 2.24) is 4.90 Å². The molecule has 0 saturated carbocycles. The Hall–Kier alpha value is -3.43. The van der Waals surface area contributed by atoms with Gasteiger partial charge >= 0.3 is 12.1 Å². The van der Waals surface area contributed by atoms with E-state index >= 15 is 0 Å². The lowest BCUT2D eigenvalue weighted by Crippen LogP contribution is -2.39. The van der Waals surface area contributed by atoms with Crippen molar-refractivity contribution in [1.29, 1.82) is 0 Å². The Balaban J connectivity index is 1.85. The van der Waals surface area contributed by atoms with E-state index in [-0.39, 0.29) is 28.7 Å². The summed E-state index contributed by atoms with van der Waals surface area (Å²) in [5, 5.41) is 9.96. The van der Waals surface area contributed by atoms with Crippen LogP contribution in [0.2, 0.25) is 5.02 Å². The van der Waals surface area contributed by atoms with Crippen LogP contribution in [0.5, 0.6) is 17.2 Å². The second kappa shape index (κ2) is 11.5. The molecule has 1 aliphatic heterocycles. The van der Waals surface area contributed by atoms with Crippen molar-refractivity contribution in [2.75, 3.05) is 20.8 Å². The van der Waals surface area contributed by atoms with Crippen LogP contribution in [-0.2, 0) is 17.6 Å². The molecule has 0 radical (unpaired) electrons. The molecule has 0 bridgehead atoms. The first-order valence-corrected chi connectivity index (χ1v) is 12.3. The number of aliphatic carboxylic acids is 1. The molecule has 0 spiro atoms. The highest BCUT2D eigenvalue weighted by molar-refractivity contribution is 6.31. The van der Waals surface area contributed by atoms with Crippen molar-refractivity contribution in [3.8, 4) is 17.2 Å². The first kappa shape index (κ1) is 27.6. The quantitative estimate of drug-likeness (QED) is 0.325. The summed E-state index contributed by atoms with van der Waals surface area (Å²) in [7, 11) is 2.88. The number of benzene rings is 3. The molecule has 6 nitrogen and oxygen atoms in total. The molecule has 4 rings (SSSR count). The van der Waals surface area contributed by atoms with Gasteiger partial charge in [0, 0.05) is 11.6 Å². The lowest BCUT2D eigenvalue weighted by Gasteiger charge is -2.33. The van der Waals surface area contributed by atoms with E-state index in [2.05, 4.69) is 0 Å². The number of likely N-dealkylation sites (tertiary alicyclic amines) is 1. The average molecular weight is 550 g/mol. The third-order valence-electron chi connectivity index (χ3n) is 6.55. The molecule has 0 aliphatic carbocycles. The number of carbonyl (C=O) groups is 1. The number of ether oxygens (including phenoxy) is 3. The number of carboxylic acid groups (broad SMARTS) is 1. The van der Waals surface area contributed by atoms with E-state index in [0.717, 1.165) is 17.7 Å². The van der Waals surface area contributed by atoms with Crippen LogP contribution in [0, 0.1) is 0 Å². The molecule has 3 aromatic carbocycles. The monoisotopic (exact) mass is 549 g/mol. The fourth-order valence-electron chi connectivity index (χ4n) is 4.77. The molecule has 1 heterocycles. The minimum Gasteiger partial charge on any atom is -0.493 e. The van der Waals surface area contributed by atoms with E-state index in [9.17, 15) is 23.1 Å². The molecule has 3 aromatic rings. The van der Waals surface area contributed by atoms with Crippen LogP contribution in [0.25, 0.3) is 0 Å². The summed E-state index contributed by atoms with van der Waals surface area (Å²) in [5.74, 6) is -0.172. The van der Waals surface area contributed by atoms with Gasteiger partial charge in [0.1, 0.15) is 12.6 Å². The topological polar surface area (TPSA) is 68.2 Å². The Morgan fingerprint density at radius 3 is 2.32 bits per heavy atom. The number of hydrogen-bond acceptors (Lipinski definition) is 5. The predicted octanol–water partition coefficient (Wildman–Crippen LogP) is 6.59. The van der Waals surface area contributed by atoms with Gasteiger partial charge in [-0.05, 0) is 59.9 Å². The Kier molecular flexibility index (Phi) is 8.38. The van der Waals surface area contributed by atoms with Gasteiger partial charge < -0.3 is 19.3 Å². The smallest absolute Gasteiger partial charge is 0.416 e. The van der Waals surface area contributed by atoms with Crippen molar-refractivity contribution in [2.24, 2.45) is 0 Å². The van der Waals surface area contributed by atoms with Crippen LogP contribution >= 0.6 is 11.6 Å². The Morgan fingerprint density at radius 1 is 1.08 bits per heavy atom. The summed E-state index contributed by atoms with van der Waals surface area (Å²) in [6, 6.07) is 14.0. The summed E-state index contributed by atoms with van der Waals surface area (Å²) in [5.41, 5.74) is 0.627. The summed E-state index contributed by atoms with van der Waals surface area (Å²) >= 11 is 6.46. The second-order valence-corrected chi connectivity index (χ2v) is 9.31. The zero-order valence-corrected chi connectivity index (χ0v) is 21.6. The summed E-state index contributed by atoms with van der Waals surface area (Å²) in [6.45, 7) is 0.577. The van der Waals surface area contributed by atoms with E-state index in [1.165, 1.54) is 20.3 Å². The fraction of sp³-hybridized carbons (Fsp3) is 0.321. The molecule has 2 unspecified atom stereocenters. The molecule has 1 fully saturated rings. The van der Waals surface area contributed by atoms with Gasteiger partial charge in [-0.3, -0.25) is 9.69 Å². The van der Waals surface area contributed by atoms with Crippen LogP contribution in [0.15, 0.2) is 60.7 Å². The van der Waals surface area contributed by atoms with Gasteiger partial charge in [-0.25, -0.2) is 0 Å². The Labute approximate surface area is 223 Å². The molecular formula is C28H27ClF3NO5. The van der Waals surface area contributed by atoms with Gasteiger partial charge in [0.2, 0.25) is 5.75 Å². The van der Waals surface area contributed by atoms with Gasteiger partial charge in [0.05, 0.1) is 25.8 Å². The maximum absolute atomic E-state index is 13.7. The molecule has 0 amide bonds. The molecule has 1 N–H and O–H groups in total. The second-order valence-electron chi connectivity index (χ2n) is 8.90. The van der Waals surface area contributed by atoms with Gasteiger partial charge in [-0.15, -0.1) is 0 Å². The number of methoxy groups -OCH3 is 2. The molecule has 2 atom stereocenters. The van der Waals surface area contributed by atoms with E-state index < -0.39 is 29.8 Å². The van der Waals surface area contributed by atoms with Gasteiger partial charge in [-0.2, -0.15) is 13.2 Å². The van der Waals surface area contributed by atoms with E-state index in [4.69, 9.17) is 25.8 Å². The minimum absolute atomic E-state index is 0.0846. The molecule has 0 aromatic heterocycles. The molecular weight excluding hydrogens is 523 g/mol. The van der Waals surface area contributed by atoms with Crippen LogP contribution in [0.3, 0.4) is 0 Å². The molecule has 10 heteroatoms. The highest BCUT2D eigenvalue weighted by Gasteiger charge is 2.40. The highest BCUT2D eigenvalue weighted by Crippen LogP contribution is 2.46. The number of nitrogens with zero attached hydrogens (tertiary/aromatic N) is 1. The zero-order chi connectivity index (χ0) is 27.4. The molecule has 202 valence electrons. The molecule has 38 heavy (non-hydrogen) atoms. The first-order valence-electron chi connectivity index (χ1n) is 11.9. The SMILES string of the molecule is COc1cc(C(c2cc(C(F)(F)F)ccc2Cl)N2CCCC2C(=O)O)cc(OC)c1OCc1ccccc1. The number of halogens is 4. The lowest BCUT2D eigenvalue weighted by atomic mass is 9.94. The van der Waals surface area contributed by atoms with Gasteiger partial charge in [-0.1, -0.05) is 41.9 Å². The predicted molar refractivity (Wildman–Crippen MR) is 136 cm³/mol. The van der Waals surface area contributed by atoms with Gasteiger partial charge in [0.15, 0.2) is 11.5 Å². The van der Waals surface area contributed by atoms with Crippen molar-refractivity contribution in [2.45, 2.75) is 37.7 Å². The van der Waals surface area contributed by atoms with Crippen molar-refractivity contribution in [3.63, 3.8) is 0 Å². The maximum Gasteiger partial charge on any atom is 0.416 e. The first-order chi connectivity index (χ1) is 18.1. The Morgan fingerprint density at radius 2 is 1.74 bits per heavy atom. The number of hydrogen-bond donors (Lipinski definition) is 1. The lowest BCUT2D eigenvalue weighted by molar-refractivity contribution is -0.143. The van der Waals surface area contributed by atoms with Crippen molar-refractivity contribution < 1.29 is 37.3 Å². The largest absolute Gasteiger partial charge is 0.493 e. The summed E-state index contributed by atoms with van der Waals surface area (Å²) in [4.78, 5) is 13.7. The fourth-order valence-corrected chi connectivity index (χ4v) is 4.99. The third-order valence-corrected chi connectivity index (χ3v) is 6.90. The van der Waals surface area contributed by atoms with Crippen molar-refractivity contribution >= 4 is 17.6 Å². The molecule has 1 saturated heterocycles. The summed E-state index contributed by atoms with van der Waals surface area (Å²) < 4.78 is 58.2. The zero-order valence-electron chi connectivity index (χ0n) is 20.8. The van der Waals surface area contributed by atoms with Crippen LogP contribution in [-0.4, -0.2) is 42.8 Å². The van der Waals surface area contributed by atoms with Crippen molar-refractivity contribution in [3.05, 3.63) is 87.9 Å². The molecule has 1 aliphatic rings. The van der Waals surface area contributed by atoms with E-state index in [0.29, 0.717) is 30.7 Å². The third kappa shape index (κ3) is 5.84. The average Bonchev–Trinajstić information content (AvgIpc) is 3.38. The summed E-state index contributed by atoms with van der Waals surface area (Å²) in [6.07, 6.45) is -3.68. The maximum atomic E-state index is 13.7. The van der Waals surface area contributed by atoms with Crippen LogP contribution < -0.4 is 14.2 Å². The minimum atomic E-state index is -4.61. The standard InChI is InChI=1S/C28H27ClF3NO5/c1-36-23-13-18(14-24(37-2)26(23)38-16-17-7-4-3-5-8-17)25(33-12-6-9-22(33)27(34)35)20-15-19(28(30,31)32)10-11-21(20)29/h3-5,7-8,10-11,13-15,22,25H,6,9,12,16H2,1-2H3,(H,34,35). The normalized spacial score (nSPS) is 16.7. The van der Waals surface area contributed by atoms with E-state index in [1.807, 2.05) is 30.3 Å². The van der Waals surface area contributed by atoms with E-state index in [1.54, 1.807) is 17.0 Å². The number of carboxylic acids is 1. The number of rotatable bonds is 9. The van der Waals surface area contributed by atoms with Gasteiger partial charge in [0.25, 0.3) is 0 Å². The highest BCUT2D eigenvalue weighted by atomic mass is 35.5.